The summed E-state index contributed by atoms with van der Waals surface area (Å²) >= 11 is 0. The molecule has 0 spiro atoms. The van der Waals surface area contributed by atoms with E-state index in [1.807, 2.05) is 18.2 Å². The fourth-order valence-corrected chi connectivity index (χ4v) is 1.13. The number of nitrogens with zero attached hydrogens (tertiary/aromatic N) is 3. The summed E-state index contributed by atoms with van der Waals surface area (Å²) in [6.45, 7) is 0. The summed E-state index contributed by atoms with van der Waals surface area (Å²) in [5, 5.41) is 12.8. The van der Waals surface area contributed by atoms with Crippen LogP contribution in [0.4, 0.5) is 0 Å². The molecule has 0 bridgehead atoms. The third kappa shape index (κ3) is 1.84. The van der Waals surface area contributed by atoms with E-state index in [4.69, 9.17) is 5.21 Å². The molecule has 2 heterocycles. The van der Waals surface area contributed by atoms with Gasteiger partial charge in [-0.15, -0.1) is 9.94 Å². The van der Waals surface area contributed by atoms with E-state index in [2.05, 4.69) is 10.1 Å². The van der Waals surface area contributed by atoms with Crippen molar-refractivity contribution in [3.63, 3.8) is 0 Å². The minimum Gasteiger partial charge on any atom is -0.412 e. The number of aromatic nitrogens is 3. The van der Waals surface area contributed by atoms with Gasteiger partial charge in [-0.3, -0.25) is 4.98 Å². The van der Waals surface area contributed by atoms with Crippen molar-refractivity contribution in [3.8, 4) is 0 Å². The van der Waals surface area contributed by atoms with Gasteiger partial charge in [0.2, 0.25) is 0 Å². The highest BCUT2D eigenvalue weighted by Gasteiger charge is 1.99. The standard InChI is InChI=1S/C9H9N3O/c13-12-6-4-9(11-12)7-8-3-1-2-5-10-8/h1-6,13H,7H2. The molecule has 0 aliphatic heterocycles. The SMILES string of the molecule is On1ccc(Cc2ccccn2)n1. The summed E-state index contributed by atoms with van der Waals surface area (Å²) < 4.78 is 0. The van der Waals surface area contributed by atoms with Crippen molar-refractivity contribution in [1.82, 2.24) is 14.9 Å². The first-order valence-electron chi connectivity index (χ1n) is 3.98. The summed E-state index contributed by atoms with van der Waals surface area (Å²) in [4.78, 5) is 4.96. The van der Waals surface area contributed by atoms with Crippen molar-refractivity contribution >= 4 is 0 Å². The van der Waals surface area contributed by atoms with E-state index in [0.29, 0.717) is 6.42 Å². The van der Waals surface area contributed by atoms with E-state index < -0.39 is 0 Å². The second kappa shape index (κ2) is 3.26. The Morgan fingerprint density at radius 1 is 1.23 bits per heavy atom. The monoisotopic (exact) mass is 175 g/mol. The van der Waals surface area contributed by atoms with Gasteiger partial charge in [-0.05, 0) is 18.2 Å². The fourth-order valence-electron chi connectivity index (χ4n) is 1.13. The lowest BCUT2D eigenvalue weighted by Gasteiger charge is -1.94. The highest BCUT2D eigenvalue weighted by atomic mass is 16.5. The first-order valence-corrected chi connectivity index (χ1v) is 3.98. The zero-order chi connectivity index (χ0) is 9.10. The topological polar surface area (TPSA) is 50.9 Å². The maximum absolute atomic E-state index is 8.92. The molecule has 2 aromatic rings. The molecule has 0 saturated carbocycles. The molecule has 13 heavy (non-hydrogen) atoms. The van der Waals surface area contributed by atoms with E-state index in [1.54, 1.807) is 12.3 Å². The van der Waals surface area contributed by atoms with Gasteiger partial charge in [0.25, 0.3) is 0 Å². The number of hydrogen-bond acceptors (Lipinski definition) is 3. The molecule has 1 N–H and O–H groups in total. The molecular weight excluding hydrogens is 166 g/mol. The predicted octanol–water partition coefficient (Wildman–Crippen LogP) is 1.11. The Balaban J connectivity index is 2.15. The summed E-state index contributed by atoms with van der Waals surface area (Å²) in [6, 6.07) is 7.48. The summed E-state index contributed by atoms with van der Waals surface area (Å²) in [5.74, 6) is 0. The molecule has 0 fully saturated rings. The Bertz CT molecular complexity index is 383. The van der Waals surface area contributed by atoms with Crippen LogP contribution >= 0.6 is 0 Å². The molecule has 0 radical (unpaired) electrons. The zero-order valence-corrected chi connectivity index (χ0v) is 6.96. The maximum Gasteiger partial charge on any atom is 0.0719 e. The van der Waals surface area contributed by atoms with E-state index in [9.17, 15) is 0 Å². The Hall–Kier alpha value is -1.84. The third-order valence-corrected chi connectivity index (χ3v) is 1.72. The molecule has 0 aliphatic carbocycles. The first kappa shape index (κ1) is 7.79. The highest BCUT2D eigenvalue weighted by Crippen LogP contribution is 2.02. The van der Waals surface area contributed by atoms with Crippen LogP contribution in [-0.2, 0) is 6.42 Å². The maximum atomic E-state index is 8.92. The highest BCUT2D eigenvalue weighted by molar-refractivity contribution is 5.12. The van der Waals surface area contributed by atoms with Gasteiger partial charge >= 0.3 is 0 Å². The van der Waals surface area contributed by atoms with Crippen molar-refractivity contribution in [1.29, 1.82) is 0 Å². The number of pyridine rings is 1. The van der Waals surface area contributed by atoms with Crippen molar-refractivity contribution < 1.29 is 5.21 Å². The van der Waals surface area contributed by atoms with Crippen LogP contribution in [0, 0.1) is 0 Å². The summed E-state index contributed by atoms with van der Waals surface area (Å²) in [7, 11) is 0. The summed E-state index contributed by atoms with van der Waals surface area (Å²) in [5.41, 5.74) is 1.75. The average molecular weight is 175 g/mol. The van der Waals surface area contributed by atoms with Gasteiger partial charge in [0.15, 0.2) is 0 Å². The lowest BCUT2D eigenvalue weighted by molar-refractivity contribution is 0.147. The van der Waals surface area contributed by atoms with Crippen LogP contribution in [0.15, 0.2) is 36.7 Å². The van der Waals surface area contributed by atoms with Crippen molar-refractivity contribution in [3.05, 3.63) is 48.0 Å². The Morgan fingerprint density at radius 2 is 2.15 bits per heavy atom. The zero-order valence-electron chi connectivity index (χ0n) is 6.96. The minimum atomic E-state index is 0.647. The van der Waals surface area contributed by atoms with Crippen molar-refractivity contribution in [2.24, 2.45) is 0 Å². The van der Waals surface area contributed by atoms with Crippen molar-refractivity contribution in [2.75, 3.05) is 0 Å². The third-order valence-electron chi connectivity index (χ3n) is 1.72. The quantitative estimate of drug-likeness (QED) is 0.695. The van der Waals surface area contributed by atoms with Gasteiger partial charge < -0.3 is 5.21 Å². The largest absolute Gasteiger partial charge is 0.412 e. The van der Waals surface area contributed by atoms with E-state index in [1.165, 1.54) is 6.20 Å². The van der Waals surface area contributed by atoms with Gasteiger partial charge in [0, 0.05) is 18.3 Å². The Kier molecular flexibility index (Phi) is 1.96. The Morgan fingerprint density at radius 3 is 2.77 bits per heavy atom. The van der Waals surface area contributed by atoms with E-state index in [0.717, 1.165) is 16.2 Å². The lowest BCUT2D eigenvalue weighted by Crippen LogP contribution is -1.95. The molecule has 0 aliphatic rings. The number of hydrogen-bond donors (Lipinski definition) is 1. The molecule has 66 valence electrons. The molecule has 0 aromatic carbocycles. The smallest absolute Gasteiger partial charge is 0.0719 e. The first-order chi connectivity index (χ1) is 6.34. The molecule has 4 heteroatoms. The van der Waals surface area contributed by atoms with Crippen LogP contribution in [0.3, 0.4) is 0 Å². The molecule has 0 atom stereocenters. The molecular formula is C9H9N3O. The molecule has 0 amide bonds. The molecule has 4 nitrogen and oxygen atoms in total. The normalized spacial score (nSPS) is 10.2. The molecule has 2 aromatic heterocycles. The van der Waals surface area contributed by atoms with Crippen LogP contribution in [0.2, 0.25) is 0 Å². The average Bonchev–Trinajstić information content (AvgIpc) is 2.53. The van der Waals surface area contributed by atoms with Gasteiger partial charge in [-0.1, -0.05) is 6.07 Å². The van der Waals surface area contributed by atoms with Crippen LogP contribution < -0.4 is 0 Å². The molecule has 0 unspecified atom stereocenters. The van der Waals surface area contributed by atoms with Crippen LogP contribution in [-0.4, -0.2) is 20.1 Å². The van der Waals surface area contributed by atoms with Gasteiger partial charge in [-0.25, -0.2) is 0 Å². The van der Waals surface area contributed by atoms with Crippen LogP contribution in [0.25, 0.3) is 0 Å². The minimum absolute atomic E-state index is 0.647. The van der Waals surface area contributed by atoms with Gasteiger partial charge in [0.1, 0.15) is 0 Å². The second-order valence-electron chi connectivity index (χ2n) is 2.73. The van der Waals surface area contributed by atoms with Crippen molar-refractivity contribution in [2.45, 2.75) is 6.42 Å². The van der Waals surface area contributed by atoms with Gasteiger partial charge in [-0.2, -0.15) is 0 Å². The second-order valence-corrected chi connectivity index (χ2v) is 2.73. The lowest BCUT2D eigenvalue weighted by atomic mass is 10.2. The van der Waals surface area contributed by atoms with E-state index >= 15 is 0 Å². The number of rotatable bonds is 2. The molecule has 0 saturated heterocycles. The fraction of sp³-hybridized carbons (Fsp3) is 0.111. The van der Waals surface area contributed by atoms with Crippen LogP contribution in [0.1, 0.15) is 11.4 Å². The van der Waals surface area contributed by atoms with E-state index in [-0.39, 0.29) is 0 Å². The Labute approximate surface area is 75.4 Å². The van der Waals surface area contributed by atoms with Crippen LogP contribution in [0.5, 0.6) is 0 Å². The van der Waals surface area contributed by atoms with Gasteiger partial charge in [0.05, 0.1) is 11.9 Å². The predicted molar refractivity (Wildman–Crippen MR) is 46.5 cm³/mol. The molecule has 2 rings (SSSR count). The summed E-state index contributed by atoms with van der Waals surface area (Å²) in [6.07, 6.45) is 3.89.